The van der Waals surface area contributed by atoms with Crippen LogP contribution in [0.1, 0.15) is 68.1 Å². The molecule has 0 aliphatic rings. The van der Waals surface area contributed by atoms with E-state index in [9.17, 15) is 23.1 Å². The number of ether oxygens (including phenoxy) is 6. The first-order valence-corrected chi connectivity index (χ1v) is 21.9. The van der Waals surface area contributed by atoms with Gasteiger partial charge in [-0.3, -0.25) is 5.01 Å². The molecule has 0 radical (unpaired) electrons. The number of benzene rings is 4. The molecule has 4 aromatic carbocycles. The van der Waals surface area contributed by atoms with Crippen LogP contribution in [0.4, 0.5) is 18.3 Å². The summed E-state index contributed by atoms with van der Waals surface area (Å²) in [4.78, 5) is 15.6. The van der Waals surface area contributed by atoms with Crippen molar-refractivity contribution in [1.82, 2.24) is 10.4 Å². The van der Waals surface area contributed by atoms with E-state index in [-0.39, 0.29) is 24.9 Å². The second-order valence-corrected chi connectivity index (χ2v) is 15.5. The van der Waals surface area contributed by atoms with Crippen LogP contribution in [-0.4, -0.2) is 61.5 Å². The molecular weight excluding hydrogens is 836 g/mol. The van der Waals surface area contributed by atoms with Crippen LogP contribution in [0.5, 0.6) is 23.0 Å². The summed E-state index contributed by atoms with van der Waals surface area (Å²) in [5, 5.41) is 10.6. The lowest BCUT2D eigenvalue weighted by Crippen LogP contribution is -2.44. The lowest BCUT2D eigenvalue weighted by molar-refractivity contribution is -0.137. The summed E-state index contributed by atoms with van der Waals surface area (Å²) in [6, 6.07) is 27.7. The van der Waals surface area contributed by atoms with E-state index in [4.69, 9.17) is 28.4 Å². The molecule has 0 saturated heterocycles. The molecule has 0 saturated carbocycles. The molecule has 0 aliphatic heterocycles. The molecule has 1 atom stereocenters. The predicted octanol–water partition coefficient (Wildman–Crippen LogP) is 10.7. The van der Waals surface area contributed by atoms with Crippen molar-refractivity contribution >= 4 is 32.7 Å². The molecule has 1 aromatic heterocycles. The van der Waals surface area contributed by atoms with Gasteiger partial charge < -0.3 is 33.5 Å². The van der Waals surface area contributed by atoms with Gasteiger partial charge in [-0.25, -0.2) is 15.2 Å². The van der Waals surface area contributed by atoms with Crippen molar-refractivity contribution in [3.8, 4) is 23.0 Å². The average molecular weight is 892 g/mol. The van der Waals surface area contributed by atoms with Gasteiger partial charge >= 0.3 is 12.1 Å². The second kappa shape index (κ2) is 26.1. The summed E-state index contributed by atoms with van der Waals surface area (Å²) in [6.45, 7) is 8.06. The first-order chi connectivity index (χ1) is 30.6. The maximum Gasteiger partial charge on any atom is 0.407 e. The van der Waals surface area contributed by atoms with Crippen LogP contribution in [-0.2, 0) is 34.0 Å². The summed E-state index contributed by atoms with van der Waals surface area (Å²) in [7, 11) is 0. The van der Waals surface area contributed by atoms with Gasteiger partial charge in [0.25, 0.3) is 0 Å². The third-order valence-corrected chi connectivity index (χ3v) is 10.6. The maximum absolute atomic E-state index is 13.9. The number of halogens is 3. The standard InChI is InChI=1S/C48H56F3N3O8S/c1-3-45(55)59-29-13-7-5-11-27-57-39-21-17-36(18-22-39)33-61-41-25-26-43(62-34-37-19-23-40(24-20-37)58-28-12-6-8-14-30-60-46(56)4-2)38(31-41)32-52-54(35-48(49,50)51)47-53-42-15-9-10-16-44(42)63-47/h3-4,9-10,15-26,31,45,52,55H,1-2,5-8,11-14,27-30,32-35H2. The summed E-state index contributed by atoms with van der Waals surface area (Å²) < 4.78 is 76.8. The Kier molecular flexibility index (Phi) is 20.1. The number of hydrogen-bond acceptors (Lipinski definition) is 12. The number of aliphatic hydroxyl groups excluding tert-OH is 1. The van der Waals surface area contributed by atoms with Crippen molar-refractivity contribution in [2.75, 3.05) is 38.0 Å². The van der Waals surface area contributed by atoms with Crippen molar-refractivity contribution in [1.29, 1.82) is 0 Å². The van der Waals surface area contributed by atoms with E-state index in [1.807, 2.05) is 60.7 Å². The molecule has 1 heterocycles. The zero-order valence-corrected chi connectivity index (χ0v) is 36.2. The van der Waals surface area contributed by atoms with E-state index < -0.39 is 25.0 Å². The number of aromatic nitrogens is 1. The van der Waals surface area contributed by atoms with Gasteiger partial charge in [-0.2, -0.15) is 13.2 Å². The third kappa shape index (κ3) is 18.0. The Morgan fingerprint density at radius 3 is 1.94 bits per heavy atom. The molecule has 2 N–H and O–H groups in total. The lowest BCUT2D eigenvalue weighted by Gasteiger charge is -2.24. The van der Waals surface area contributed by atoms with Gasteiger partial charge in [-0.05, 0) is 117 Å². The van der Waals surface area contributed by atoms with Crippen molar-refractivity contribution in [3.05, 3.63) is 133 Å². The molecule has 5 rings (SSSR count). The topological polar surface area (TPSA) is 121 Å². The number of thiazole rings is 1. The highest BCUT2D eigenvalue weighted by atomic mass is 32.1. The van der Waals surface area contributed by atoms with Gasteiger partial charge in [-0.1, -0.05) is 67.3 Å². The Morgan fingerprint density at radius 1 is 0.746 bits per heavy atom. The van der Waals surface area contributed by atoms with Crippen LogP contribution in [0.2, 0.25) is 0 Å². The van der Waals surface area contributed by atoms with Crippen LogP contribution in [0.25, 0.3) is 10.2 Å². The molecular formula is C48H56F3N3O8S. The number of carbonyl (C=O) groups is 1. The molecule has 0 amide bonds. The highest BCUT2D eigenvalue weighted by molar-refractivity contribution is 7.22. The second-order valence-electron chi connectivity index (χ2n) is 14.5. The number of unbranched alkanes of at least 4 members (excludes halogenated alkanes) is 6. The fourth-order valence-electron chi connectivity index (χ4n) is 6.14. The van der Waals surface area contributed by atoms with Crippen molar-refractivity contribution in [2.45, 2.75) is 83.6 Å². The number of carbonyl (C=O) groups excluding carboxylic acids is 1. The van der Waals surface area contributed by atoms with Gasteiger partial charge in [0.1, 0.15) is 42.8 Å². The highest BCUT2D eigenvalue weighted by Crippen LogP contribution is 2.31. The number of esters is 1. The normalized spacial score (nSPS) is 11.8. The minimum absolute atomic E-state index is 0.0104. The van der Waals surface area contributed by atoms with E-state index in [1.54, 1.807) is 30.3 Å². The number of anilines is 1. The quantitative estimate of drug-likeness (QED) is 0.0114. The Bertz CT molecular complexity index is 2100. The lowest BCUT2D eigenvalue weighted by atomic mass is 10.1. The zero-order chi connectivity index (χ0) is 44.7. The summed E-state index contributed by atoms with van der Waals surface area (Å²) >= 11 is 1.17. The largest absolute Gasteiger partial charge is 0.494 e. The van der Waals surface area contributed by atoms with Crippen molar-refractivity contribution < 1.29 is 51.5 Å². The van der Waals surface area contributed by atoms with Gasteiger partial charge in [0.15, 0.2) is 6.29 Å². The Labute approximate surface area is 371 Å². The fourth-order valence-corrected chi connectivity index (χ4v) is 7.09. The molecule has 15 heteroatoms. The van der Waals surface area contributed by atoms with Crippen LogP contribution < -0.4 is 29.4 Å². The highest BCUT2D eigenvalue weighted by Gasteiger charge is 2.32. The Hall–Kier alpha value is -5.61. The number of aliphatic hydroxyl groups is 1. The van der Waals surface area contributed by atoms with Crippen molar-refractivity contribution in [2.24, 2.45) is 0 Å². The monoisotopic (exact) mass is 891 g/mol. The van der Waals surface area contributed by atoms with Gasteiger partial charge in [0.05, 0.1) is 36.6 Å². The number of nitrogens with one attached hydrogen (secondary N) is 1. The van der Waals surface area contributed by atoms with Crippen molar-refractivity contribution in [3.63, 3.8) is 0 Å². The number of rotatable bonds is 30. The molecule has 0 spiro atoms. The Morgan fingerprint density at radius 2 is 1.33 bits per heavy atom. The molecule has 0 aliphatic carbocycles. The van der Waals surface area contributed by atoms with Crippen LogP contribution >= 0.6 is 11.3 Å². The number of para-hydroxylation sites is 1. The number of nitrogens with zero attached hydrogens (tertiary/aromatic N) is 2. The van der Waals surface area contributed by atoms with Gasteiger partial charge in [0, 0.05) is 18.2 Å². The molecule has 0 bridgehead atoms. The molecule has 63 heavy (non-hydrogen) atoms. The van der Waals surface area contributed by atoms with Crippen LogP contribution in [0.3, 0.4) is 0 Å². The van der Waals surface area contributed by atoms with Gasteiger partial charge in [-0.15, -0.1) is 0 Å². The first-order valence-electron chi connectivity index (χ1n) is 21.1. The SMILES string of the molecule is C=CC(=O)OCCCCCCOc1ccc(COc2ccc(OCc3ccc(OCCCCCCOC(O)C=C)cc3)cc2CNN(CC(F)(F)F)c2nc3ccccc3s2)cc1. The molecule has 0 fully saturated rings. The van der Waals surface area contributed by atoms with Crippen LogP contribution in [0, 0.1) is 0 Å². The maximum atomic E-state index is 13.9. The number of fused-ring (bicyclic) bond motifs is 1. The molecule has 1 unspecified atom stereocenters. The van der Waals surface area contributed by atoms with Crippen LogP contribution in [0.15, 0.2) is 116 Å². The molecule has 11 nitrogen and oxygen atoms in total. The first kappa shape index (κ1) is 48.4. The summed E-state index contributed by atoms with van der Waals surface area (Å²) in [5.74, 6) is 2.06. The predicted molar refractivity (Wildman–Crippen MR) is 239 cm³/mol. The number of hydrazine groups is 1. The minimum atomic E-state index is -4.50. The Balaban J connectivity index is 1.17. The molecule has 338 valence electrons. The number of hydrogen-bond donors (Lipinski definition) is 2. The van der Waals surface area contributed by atoms with E-state index in [0.29, 0.717) is 49.0 Å². The summed E-state index contributed by atoms with van der Waals surface area (Å²) in [6.07, 6.45) is 4.30. The summed E-state index contributed by atoms with van der Waals surface area (Å²) in [5.41, 5.74) is 5.95. The fraction of sp³-hybridized carbons (Fsp3) is 0.375. The van der Waals surface area contributed by atoms with E-state index in [0.717, 1.165) is 89.8 Å². The average Bonchev–Trinajstić information content (AvgIpc) is 3.73. The van der Waals surface area contributed by atoms with Gasteiger partial charge in [0.2, 0.25) is 5.13 Å². The third-order valence-electron chi connectivity index (χ3n) is 9.51. The van der Waals surface area contributed by atoms with E-state index in [1.165, 1.54) is 17.4 Å². The minimum Gasteiger partial charge on any atom is -0.494 e. The zero-order valence-electron chi connectivity index (χ0n) is 35.4. The van der Waals surface area contributed by atoms with E-state index in [2.05, 4.69) is 23.6 Å². The number of alkyl halides is 3. The smallest absolute Gasteiger partial charge is 0.407 e. The molecule has 5 aromatic rings. The van der Waals surface area contributed by atoms with E-state index >= 15 is 0 Å².